The highest BCUT2D eigenvalue weighted by molar-refractivity contribution is 4.66. The summed E-state index contributed by atoms with van der Waals surface area (Å²) in [4.78, 5) is 0. The van der Waals surface area contributed by atoms with Crippen LogP contribution in [0.25, 0.3) is 0 Å². The quantitative estimate of drug-likeness (QED) is 0.472. The molecule has 0 aliphatic rings. The molecule has 0 fully saturated rings. The molecule has 0 atom stereocenters. The lowest BCUT2D eigenvalue weighted by Gasteiger charge is -1.97. The zero-order valence-corrected chi connectivity index (χ0v) is 4.15. The number of aliphatic hydroxyl groups is 1. The van der Waals surface area contributed by atoms with E-state index in [-0.39, 0.29) is 6.73 Å². The third-order valence-electron chi connectivity index (χ3n) is 0.672. The molecule has 5 heteroatoms. The van der Waals surface area contributed by atoms with E-state index in [0.29, 0.717) is 0 Å². The van der Waals surface area contributed by atoms with Crippen molar-refractivity contribution in [3.8, 4) is 0 Å². The minimum atomic E-state index is -0.113. The van der Waals surface area contributed by atoms with E-state index in [1.165, 1.54) is 17.3 Å². The van der Waals surface area contributed by atoms with Crippen LogP contribution in [0.15, 0.2) is 12.7 Å². The molecule has 0 unspecified atom stereocenters. The van der Waals surface area contributed by atoms with Gasteiger partial charge in [0.15, 0.2) is 0 Å². The standard InChI is InChI=1S/C3H6N4O/c8-3-6-7-1-4-5-2-7/h1-2,6,8H,3H2. The lowest BCUT2D eigenvalue weighted by molar-refractivity contribution is 0.309. The number of aromatic nitrogens is 3. The SMILES string of the molecule is OCNn1cnnc1. The largest absolute Gasteiger partial charge is 0.375 e. The number of rotatable bonds is 2. The molecule has 0 aliphatic carbocycles. The van der Waals surface area contributed by atoms with Gasteiger partial charge in [0.05, 0.1) is 0 Å². The molecule has 1 heterocycles. The van der Waals surface area contributed by atoms with Gasteiger partial charge in [0, 0.05) is 0 Å². The van der Waals surface area contributed by atoms with Crippen molar-refractivity contribution in [3.05, 3.63) is 12.7 Å². The fourth-order valence-corrected chi connectivity index (χ4v) is 0.364. The minimum Gasteiger partial charge on any atom is -0.375 e. The normalized spacial score (nSPS) is 9.12. The van der Waals surface area contributed by atoms with E-state index in [0.717, 1.165) is 0 Å². The summed E-state index contributed by atoms with van der Waals surface area (Å²) < 4.78 is 1.46. The van der Waals surface area contributed by atoms with E-state index < -0.39 is 0 Å². The number of nitrogens with zero attached hydrogens (tertiary/aromatic N) is 3. The highest BCUT2D eigenvalue weighted by Gasteiger charge is 1.80. The summed E-state index contributed by atoms with van der Waals surface area (Å²) in [6.45, 7) is -0.113. The van der Waals surface area contributed by atoms with Crippen molar-refractivity contribution in [2.75, 3.05) is 12.2 Å². The molecule has 0 aliphatic heterocycles. The first kappa shape index (κ1) is 5.04. The molecule has 0 radical (unpaired) electrons. The van der Waals surface area contributed by atoms with Gasteiger partial charge in [-0.2, -0.15) is 0 Å². The maximum atomic E-state index is 8.25. The molecule has 0 aromatic carbocycles. The third kappa shape index (κ3) is 0.941. The maximum absolute atomic E-state index is 8.25. The van der Waals surface area contributed by atoms with Gasteiger partial charge in [-0.1, -0.05) is 0 Å². The van der Waals surface area contributed by atoms with Crippen molar-refractivity contribution in [1.82, 2.24) is 14.9 Å². The number of hydrogen-bond donors (Lipinski definition) is 2. The third-order valence-corrected chi connectivity index (χ3v) is 0.672. The first-order chi connectivity index (χ1) is 3.93. The van der Waals surface area contributed by atoms with Gasteiger partial charge in [-0.3, -0.25) is 5.43 Å². The van der Waals surface area contributed by atoms with Crippen LogP contribution in [0.3, 0.4) is 0 Å². The number of aliphatic hydroxyl groups excluding tert-OH is 1. The fourth-order valence-electron chi connectivity index (χ4n) is 0.364. The highest BCUT2D eigenvalue weighted by atomic mass is 16.3. The van der Waals surface area contributed by atoms with E-state index in [1.54, 1.807) is 0 Å². The predicted molar refractivity (Wildman–Crippen MR) is 26.5 cm³/mol. The molecule has 1 aromatic rings. The Bertz CT molecular complexity index is 137. The first-order valence-corrected chi connectivity index (χ1v) is 2.13. The van der Waals surface area contributed by atoms with Crippen molar-refractivity contribution in [2.24, 2.45) is 0 Å². The van der Waals surface area contributed by atoms with Crippen LogP contribution in [0, 0.1) is 0 Å². The van der Waals surface area contributed by atoms with Crippen LogP contribution in [0.4, 0.5) is 0 Å². The molecule has 8 heavy (non-hydrogen) atoms. The Hall–Kier alpha value is -1.10. The highest BCUT2D eigenvalue weighted by Crippen LogP contribution is 1.70. The Morgan fingerprint density at radius 3 is 2.62 bits per heavy atom. The van der Waals surface area contributed by atoms with E-state index in [2.05, 4.69) is 15.6 Å². The second-order valence-electron chi connectivity index (χ2n) is 1.19. The summed E-state index contributed by atoms with van der Waals surface area (Å²) >= 11 is 0. The van der Waals surface area contributed by atoms with E-state index >= 15 is 0 Å². The molecule has 0 bridgehead atoms. The molecule has 0 spiro atoms. The zero-order chi connectivity index (χ0) is 5.82. The Balaban J connectivity index is 2.50. The molecule has 1 aromatic heterocycles. The average Bonchev–Trinajstić information content (AvgIpc) is 2.19. The molecule has 44 valence electrons. The maximum Gasteiger partial charge on any atom is 0.138 e. The molecule has 2 N–H and O–H groups in total. The van der Waals surface area contributed by atoms with Gasteiger partial charge in [0.2, 0.25) is 0 Å². The van der Waals surface area contributed by atoms with Crippen LogP contribution in [0.2, 0.25) is 0 Å². The van der Waals surface area contributed by atoms with Crippen LogP contribution in [0.5, 0.6) is 0 Å². The predicted octanol–water partition coefficient (Wildman–Crippen LogP) is -1.23. The second-order valence-corrected chi connectivity index (χ2v) is 1.19. The lowest BCUT2D eigenvalue weighted by atomic mass is 11.2. The van der Waals surface area contributed by atoms with Crippen LogP contribution in [0.1, 0.15) is 0 Å². The van der Waals surface area contributed by atoms with Gasteiger partial charge in [0.1, 0.15) is 19.4 Å². The monoisotopic (exact) mass is 114 g/mol. The Kier molecular flexibility index (Phi) is 1.43. The van der Waals surface area contributed by atoms with Gasteiger partial charge in [0.25, 0.3) is 0 Å². The molecule has 1 rings (SSSR count). The van der Waals surface area contributed by atoms with E-state index in [4.69, 9.17) is 5.11 Å². The van der Waals surface area contributed by atoms with Crippen LogP contribution < -0.4 is 5.43 Å². The number of nitrogens with one attached hydrogen (secondary N) is 1. The Morgan fingerprint density at radius 1 is 1.50 bits per heavy atom. The molecular formula is C3H6N4O. The molecule has 0 saturated heterocycles. The second kappa shape index (κ2) is 2.27. The van der Waals surface area contributed by atoms with Gasteiger partial charge in [-0.25, -0.2) is 4.68 Å². The minimum absolute atomic E-state index is 0.113. The summed E-state index contributed by atoms with van der Waals surface area (Å²) in [5.41, 5.74) is 2.53. The summed E-state index contributed by atoms with van der Waals surface area (Å²) in [6.07, 6.45) is 2.91. The van der Waals surface area contributed by atoms with Crippen LogP contribution >= 0.6 is 0 Å². The lowest BCUT2D eigenvalue weighted by Crippen LogP contribution is -2.12. The van der Waals surface area contributed by atoms with Crippen molar-refractivity contribution >= 4 is 0 Å². The zero-order valence-electron chi connectivity index (χ0n) is 4.15. The van der Waals surface area contributed by atoms with Crippen molar-refractivity contribution < 1.29 is 5.11 Å². The fraction of sp³-hybridized carbons (Fsp3) is 0.333. The van der Waals surface area contributed by atoms with Gasteiger partial charge >= 0.3 is 0 Å². The Morgan fingerprint density at radius 2 is 2.12 bits per heavy atom. The van der Waals surface area contributed by atoms with Gasteiger partial charge < -0.3 is 5.11 Å². The van der Waals surface area contributed by atoms with Gasteiger partial charge in [-0.15, -0.1) is 10.2 Å². The topological polar surface area (TPSA) is 63.0 Å². The van der Waals surface area contributed by atoms with Crippen LogP contribution in [-0.2, 0) is 0 Å². The summed E-state index contributed by atoms with van der Waals surface area (Å²) in [6, 6.07) is 0. The van der Waals surface area contributed by atoms with Crippen molar-refractivity contribution in [1.29, 1.82) is 0 Å². The Labute approximate surface area is 45.9 Å². The molecular weight excluding hydrogens is 108 g/mol. The van der Waals surface area contributed by atoms with Crippen molar-refractivity contribution in [2.45, 2.75) is 0 Å². The average molecular weight is 114 g/mol. The van der Waals surface area contributed by atoms with E-state index in [9.17, 15) is 0 Å². The van der Waals surface area contributed by atoms with Gasteiger partial charge in [-0.05, 0) is 0 Å². The number of hydrogen-bond acceptors (Lipinski definition) is 4. The van der Waals surface area contributed by atoms with Crippen molar-refractivity contribution in [3.63, 3.8) is 0 Å². The molecule has 0 saturated carbocycles. The summed E-state index contributed by atoms with van der Waals surface area (Å²) in [7, 11) is 0. The smallest absolute Gasteiger partial charge is 0.138 e. The first-order valence-electron chi connectivity index (χ1n) is 2.13. The molecule has 0 amide bonds. The molecule has 5 nitrogen and oxygen atoms in total. The summed E-state index contributed by atoms with van der Waals surface area (Å²) in [5, 5.41) is 15.2. The summed E-state index contributed by atoms with van der Waals surface area (Å²) in [5.74, 6) is 0. The van der Waals surface area contributed by atoms with E-state index in [1.807, 2.05) is 0 Å². The van der Waals surface area contributed by atoms with Crippen LogP contribution in [-0.4, -0.2) is 26.7 Å².